The molecule has 0 spiro atoms. The summed E-state index contributed by atoms with van der Waals surface area (Å²) in [5, 5.41) is 0. The van der Waals surface area contributed by atoms with Crippen LogP contribution in [0.2, 0.25) is 0 Å². The Hall–Kier alpha value is -1.78. The molecule has 0 fully saturated rings. The number of nitrogens with two attached hydrogens (primary N) is 1. The lowest BCUT2D eigenvalue weighted by Gasteiger charge is -2.05. The van der Waals surface area contributed by atoms with Gasteiger partial charge in [-0.3, -0.25) is 0 Å². The van der Waals surface area contributed by atoms with Crippen molar-refractivity contribution in [1.82, 2.24) is 0 Å². The molecule has 0 saturated carbocycles. The summed E-state index contributed by atoms with van der Waals surface area (Å²) in [4.78, 5) is 0. The van der Waals surface area contributed by atoms with Crippen LogP contribution in [0.1, 0.15) is 22.6 Å². The molecule has 0 aliphatic carbocycles. The first-order chi connectivity index (χ1) is 9.72. The van der Waals surface area contributed by atoms with Crippen LogP contribution in [0.3, 0.4) is 0 Å². The van der Waals surface area contributed by atoms with Crippen LogP contribution in [0, 0.1) is 6.92 Å². The minimum Gasteiger partial charge on any atom is -0.486 e. The fourth-order valence-corrected chi connectivity index (χ4v) is 1.99. The molecule has 2 aromatic rings. The van der Waals surface area contributed by atoms with Gasteiger partial charge in [0.25, 0.3) is 0 Å². The van der Waals surface area contributed by atoms with Crippen LogP contribution >= 0.6 is 0 Å². The first-order valence-electron chi connectivity index (χ1n) is 6.72. The van der Waals surface area contributed by atoms with Crippen LogP contribution in [-0.4, -0.2) is 13.7 Å². The molecule has 1 heterocycles. The van der Waals surface area contributed by atoms with E-state index in [-0.39, 0.29) is 0 Å². The highest BCUT2D eigenvalue weighted by Crippen LogP contribution is 2.18. The lowest BCUT2D eigenvalue weighted by molar-refractivity contribution is 0.202. The Morgan fingerprint density at radius 2 is 1.95 bits per heavy atom. The number of hydrogen-bond acceptors (Lipinski definition) is 4. The maximum absolute atomic E-state index is 5.70. The lowest BCUT2D eigenvalue weighted by Crippen LogP contribution is -1.97. The summed E-state index contributed by atoms with van der Waals surface area (Å²) in [6.07, 6.45) is 0.911. The highest BCUT2D eigenvalue weighted by atomic mass is 16.5. The zero-order chi connectivity index (χ0) is 14.4. The Morgan fingerprint density at radius 1 is 1.20 bits per heavy atom. The first kappa shape index (κ1) is 14.6. The van der Waals surface area contributed by atoms with Crippen molar-refractivity contribution >= 4 is 0 Å². The molecule has 4 nitrogen and oxygen atoms in total. The summed E-state index contributed by atoms with van der Waals surface area (Å²) < 4.78 is 16.3. The molecular weight excluding hydrogens is 254 g/mol. The van der Waals surface area contributed by atoms with E-state index in [1.54, 1.807) is 7.11 Å². The van der Waals surface area contributed by atoms with E-state index < -0.39 is 0 Å². The zero-order valence-electron chi connectivity index (χ0n) is 12.0. The van der Waals surface area contributed by atoms with Gasteiger partial charge in [-0.25, -0.2) is 0 Å². The monoisotopic (exact) mass is 275 g/mol. The zero-order valence-corrected chi connectivity index (χ0v) is 12.0. The lowest BCUT2D eigenvalue weighted by atomic mass is 10.1. The van der Waals surface area contributed by atoms with Crippen molar-refractivity contribution in [3.63, 3.8) is 0 Å². The average molecular weight is 275 g/mol. The van der Waals surface area contributed by atoms with Gasteiger partial charge in [-0.1, -0.05) is 12.1 Å². The van der Waals surface area contributed by atoms with Crippen molar-refractivity contribution in [1.29, 1.82) is 0 Å². The van der Waals surface area contributed by atoms with Gasteiger partial charge in [-0.2, -0.15) is 0 Å². The van der Waals surface area contributed by atoms with E-state index in [2.05, 4.69) is 0 Å². The van der Waals surface area contributed by atoms with Crippen LogP contribution in [0.4, 0.5) is 0 Å². The summed E-state index contributed by atoms with van der Waals surface area (Å²) in [6, 6.07) is 9.97. The molecule has 0 radical (unpaired) electrons. The van der Waals surface area contributed by atoms with E-state index >= 15 is 0 Å². The van der Waals surface area contributed by atoms with Crippen LogP contribution < -0.4 is 10.5 Å². The van der Waals surface area contributed by atoms with Gasteiger partial charge in [0.1, 0.15) is 23.9 Å². The number of aryl methyl sites for hydroxylation is 1. The maximum atomic E-state index is 5.70. The largest absolute Gasteiger partial charge is 0.486 e. The Labute approximate surface area is 119 Å². The van der Waals surface area contributed by atoms with Crippen molar-refractivity contribution < 1.29 is 13.9 Å². The molecule has 2 N–H and O–H groups in total. The molecule has 1 aromatic heterocycles. The summed E-state index contributed by atoms with van der Waals surface area (Å²) in [5.74, 6) is 2.49. The van der Waals surface area contributed by atoms with Gasteiger partial charge < -0.3 is 19.6 Å². The highest BCUT2D eigenvalue weighted by molar-refractivity contribution is 5.28. The molecule has 20 heavy (non-hydrogen) atoms. The van der Waals surface area contributed by atoms with E-state index in [4.69, 9.17) is 19.6 Å². The topological polar surface area (TPSA) is 57.6 Å². The molecule has 1 aromatic carbocycles. The van der Waals surface area contributed by atoms with Crippen LogP contribution in [-0.2, 0) is 24.3 Å². The minimum atomic E-state index is 0.415. The van der Waals surface area contributed by atoms with Crippen LogP contribution in [0.15, 0.2) is 34.7 Å². The van der Waals surface area contributed by atoms with E-state index in [0.29, 0.717) is 13.2 Å². The Balaban J connectivity index is 1.89. The van der Waals surface area contributed by atoms with Crippen molar-refractivity contribution in [2.24, 2.45) is 5.73 Å². The SMILES string of the molecule is COCCc1ccc(OCc2cc(CN)c(C)o2)cc1. The first-order valence-corrected chi connectivity index (χ1v) is 6.72. The normalized spacial score (nSPS) is 10.8. The molecular formula is C16H21NO3. The molecule has 2 rings (SSSR count). The Morgan fingerprint density at radius 3 is 2.55 bits per heavy atom. The highest BCUT2D eigenvalue weighted by Gasteiger charge is 2.06. The molecule has 0 aliphatic heterocycles. The maximum Gasteiger partial charge on any atom is 0.146 e. The standard InChI is InChI=1S/C16H21NO3/c1-12-14(10-17)9-16(20-12)11-19-15-5-3-13(4-6-15)7-8-18-2/h3-6,9H,7-8,10-11,17H2,1-2H3. The second-order valence-electron chi connectivity index (χ2n) is 4.67. The third-order valence-corrected chi connectivity index (χ3v) is 3.19. The molecule has 108 valence electrons. The fourth-order valence-electron chi connectivity index (χ4n) is 1.99. The van der Waals surface area contributed by atoms with Gasteiger partial charge in [-0.05, 0) is 37.1 Å². The molecule has 0 aliphatic rings. The van der Waals surface area contributed by atoms with E-state index in [1.807, 2.05) is 37.3 Å². The predicted octanol–water partition coefficient (Wildman–Crippen LogP) is 2.81. The van der Waals surface area contributed by atoms with Gasteiger partial charge in [0.15, 0.2) is 0 Å². The van der Waals surface area contributed by atoms with Crippen molar-refractivity contribution in [3.05, 3.63) is 53.0 Å². The minimum absolute atomic E-state index is 0.415. The van der Waals surface area contributed by atoms with Gasteiger partial charge in [0.2, 0.25) is 0 Å². The fraction of sp³-hybridized carbons (Fsp3) is 0.375. The molecule has 0 unspecified atom stereocenters. The van der Waals surface area contributed by atoms with E-state index in [9.17, 15) is 0 Å². The number of methoxy groups -OCH3 is 1. The number of rotatable bonds is 7. The molecule has 0 saturated heterocycles. The summed E-state index contributed by atoms with van der Waals surface area (Å²) >= 11 is 0. The third kappa shape index (κ3) is 3.85. The predicted molar refractivity (Wildman–Crippen MR) is 77.7 cm³/mol. The second-order valence-corrected chi connectivity index (χ2v) is 4.67. The van der Waals surface area contributed by atoms with Gasteiger partial charge in [0.05, 0.1) is 6.61 Å². The van der Waals surface area contributed by atoms with Gasteiger partial charge in [-0.15, -0.1) is 0 Å². The summed E-state index contributed by atoms with van der Waals surface area (Å²) in [6.45, 7) is 3.55. The molecule has 0 atom stereocenters. The number of furan rings is 1. The van der Waals surface area contributed by atoms with Crippen LogP contribution in [0.5, 0.6) is 5.75 Å². The van der Waals surface area contributed by atoms with E-state index in [1.165, 1.54) is 5.56 Å². The molecule has 4 heteroatoms. The van der Waals surface area contributed by atoms with Gasteiger partial charge in [0, 0.05) is 19.2 Å². The number of benzene rings is 1. The number of hydrogen-bond donors (Lipinski definition) is 1. The summed E-state index contributed by atoms with van der Waals surface area (Å²) in [7, 11) is 1.71. The second kappa shape index (κ2) is 7.12. The van der Waals surface area contributed by atoms with Gasteiger partial charge >= 0.3 is 0 Å². The molecule has 0 bridgehead atoms. The van der Waals surface area contributed by atoms with Crippen LogP contribution in [0.25, 0.3) is 0 Å². The van der Waals surface area contributed by atoms with Crippen molar-refractivity contribution in [3.8, 4) is 5.75 Å². The molecule has 0 amide bonds. The van der Waals surface area contributed by atoms with Crippen molar-refractivity contribution in [2.75, 3.05) is 13.7 Å². The third-order valence-electron chi connectivity index (χ3n) is 3.19. The number of ether oxygens (including phenoxy) is 2. The smallest absolute Gasteiger partial charge is 0.146 e. The Kier molecular flexibility index (Phi) is 5.21. The summed E-state index contributed by atoms with van der Waals surface area (Å²) in [5.41, 5.74) is 7.88. The van der Waals surface area contributed by atoms with Crippen molar-refractivity contribution in [2.45, 2.75) is 26.5 Å². The quantitative estimate of drug-likeness (QED) is 0.844. The average Bonchev–Trinajstić information content (AvgIpc) is 2.84. The Bertz CT molecular complexity index is 531. The van der Waals surface area contributed by atoms with E-state index in [0.717, 1.165) is 35.9 Å².